The second-order valence-corrected chi connectivity index (χ2v) is 5.77. The fraction of sp³-hybridized carbons (Fsp3) is 0.375. The summed E-state index contributed by atoms with van der Waals surface area (Å²) in [5, 5.41) is 3.44. The summed E-state index contributed by atoms with van der Waals surface area (Å²) < 4.78 is 2.06. The van der Waals surface area contributed by atoms with Gasteiger partial charge in [0.05, 0.1) is 5.52 Å². The minimum Gasteiger partial charge on any atom is -0.350 e. The van der Waals surface area contributed by atoms with Crippen LogP contribution >= 0.6 is 0 Å². The second kappa shape index (κ2) is 4.47. The Morgan fingerprint density at radius 2 is 2.15 bits per heavy atom. The van der Waals surface area contributed by atoms with Gasteiger partial charge in [-0.15, -0.1) is 0 Å². The lowest BCUT2D eigenvalue weighted by Gasteiger charge is -2.13. The van der Waals surface area contributed by atoms with Crippen LogP contribution in [0.4, 0.5) is 0 Å². The van der Waals surface area contributed by atoms with E-state index in [4.69, 9.17) is 0 Å². The first-order valence-electron chi connectivity index (χ1n) is 6.96. The van der Waals surface area contributed by atoms with Crippen LogP contribution in [-0.2, 0) is 6.42 Å². The largest absolute Gasteiger partial charge is 0.350 e. The van der Waals surface area contributed by atoms with Gasteiger partial charge in [0.25, 0.3) is 5.91 Å². The number of rotatable bonds is 2. The van der Waals surface area contributed by atoms with Crippen molar-refractivity contribution in [1.82, 2.24) is 9.88 Å². The standard InChI is InChI=1S/C16H18N2O2/c1-9(2)17-16(20)13-8-18-10(3)7-11-5-4-6-12(14(11)18)15(13)19/h4-6,8-10H,7H2,1-3H3,(H,17,20)/t10-/m1/s1. The highest BCUT2D eigenvalue weighted by atomic mass is 16.2. The van der Waals surface area contributed by atoms with E-state index in [2.05, 4.69) is 22.9 Å². The molecule has 4 nitrogen and oxygen atoms in total. The van der Waals surface area contributed by atoms with Crippen molar-refractivity contribution < 1.29 is 4.79 Å². The van der Waals surface area contributed by atoms with E-state index in [0.717, 1.165) is 11.9 Å². The number of para-hydroxylation sites is 1. The third-order valence-electron chi connectivity index (χ3n) is 3.79. The maximum absolute atomic E-state index is 12.5. The SMILES string of the molecule is CC(C)NC(=O)c1cn2c3c(cccc3c1=O)C[C@H]2C. The molecule has 3 rings (SSSR count). The molecule has 4 heteroatoms. The topological polar surface area (TPSA) is 51.1 Å². The van der Waals surface area contributed by atoms with Crippen LogP contribution < -0.4 is 10.7 Å². The number of nitrogens with one attached hydrogen (secondary N) is 1. The normalized spacial score (nSPS) is 16.9. The smallest absolute Gasteiger partial charge is 0.256 e. The van der Waals surface area contributed by atoms with Gasteiger partial charge in [-0.05, 0) is 38.8 Å². The fourth-order valence-electron chi connectivity index (χ4n) is 2.92. The van der Waals surface area contributed by atoms with Crippen LogP contribution in [0.5, 0.6) is 0 Å². The van der Waals surface area contributed by atoms with Crippen LogP contribution in [0.1, 0.15) is 42.7 Å². The van der Waals surface area contributed by atoms with E-state index < -0.39 is 0 Å². The summed E-state index contributed by atoms with van der Waals surface area (Å²) in [6.45, 7) is 5.88. The molecular formula is C16H18N2O2. The number of carbonyl (C=O) groups excluding carboxylic acids is 1. The Hall–Kier alpha value is -2.10. The Bertz CT molecular complexity index is 759. The molecule has 1 aromatic carbocycles. The van der Waals surface area contributed by atoms with E-state index in [-0.39, 0.29) is 29.0 Å². The Morgan fingerprint density at radius 3 is 2.85 bits per heavy atom. The van der Waals surface area contributed by atoms with Crippen molar-refractivity contribution in [3.05, 3.63) is 45.7 Å². The van der Waals surface area contributed by atoms with Crippen molar-refractivity contribution in [2.24, 2.45) is 0 Å². The van der Waals surface area contributed by atoms with Gasteiger partial charge >= 0.3 is 0 Å². The molecule has 0 bridgehead atoms. The minimum atomic E-state index is -0.292. The monoisotopic (exact) mass is 270 g/mol. The Labute approximate surface area is 117 Å². The molecule has 1 aromatic heterocycles. The van der Waals surface area contributed by atoms with E-state index in [1.807, 2.05) is 26.0 Å². The summed E-state index contributed by atoms with van der Waals surface area (Å²) in [6, 6.07) is 6.05. The molecule has 20 heavy (non-hydrogen) atoms. The van der Waals surface area contributed by atoms with E-state index in [1.54, 1.807) is 6.20 Å². The van der Waals surface area contributed by atoms with E-state index >= 15 is 0 Å². The molecule has 2 aromatic rings. The van der Waals surface area contributed by atoms with Gasteiger partial charge in [0, 0.05) is 23.7 Å². The van der Waals surface area contributed by atoms with Crippen LogP contribution in [-0.4, -0.2) is 16.5 Å². The molecule has 0 fully saturated rings. The number of benzene rings is 1. The summed E-state index contributed by atoms with van der Waals surface area (Å²) in [6.07, 6.45) is 2.62. The molecule has 0 aliphatic carbocycles. The lowest BCUT2D eigenvalue weighted by atomic mass is 10.1. The number of amides is 1. The van der Waals surface area contributed by atoms with Gasteiger partial charge in [-0.1, -0.05) is 12.1 Å². The molecule has 0 spiro atoms. The maximum Gasteiger partial charge on any atom is 0.256 e. The molecule has 0 unspecified atom stereocenters. The van der Waals surface area contributed by atoms with Crippen molar-refractivity contribution in [3.63, 3.8) is 0 Å². The van der Waals surface area contributed by atoms with E-state index in [9.17, 15) is 9.59 Å². The van der Waals surface area contributed by atoms with Crippen LogP contribution in [0, 0.1) is 0 Å². The van der Waals surface area contributed by atoms with Gasteiger partial charge in [0.2, 0.25) is 5.43 Å². The van der Waals surface area contributed by atoms with E-state index in [1.165, 1.54) is 5.56 Å². The molecule has 0 saturated heterocycles. The van der Waals surface area contributed by atoms with Gasteiger partial charge in [-0.2, -0.15) is 0 Å². The number of carbonyl (C=O) groups is 1. The van der Waals surface area contributed by atoms with Gasteiger partial charge in [-0.25, -0.2) is 0 Å². The summed E-state index contributed by atoms with van der Waals surface area (Å²) in [7, 11) is 0. The molecule has 2 heterocycles. The van der Waals surface area contributed by atoms with Gasteiger partial charge in [-0.3, -0.25) is 9.59 Å². The number of pyridine rings is 1. The number of aromatic nitrogens is 1. The van der Waals surface area contributed by atoms with Gasteiger partial charge < -0.3 is 9.88 Å². The van der Waals surface area contributed by atoms with Crippen LogP contribution in [0.25, 0.3) is 10.9 Å². The predicted molar refractivity (Wildman–Crippen MR) is 79.2 cm³/mol. The first-order chi connectivity index (χ1) is 9.49. The Morgan fingerprint density at radius 1 is 1.40 bits per heavy atom. The van der Waals surface area contributed by atoms with Crippen molar-refractivity contribution in [2.75, 3.05) is 0 Å². The lowest BCUT2D eigenvalue weighted by Crippen LogP contribution is -2.34. The van der Waals surface area contributed by atoms with Crippen LogP contribution in [0.15, 0.2) is 29.2 Å². The number of hydrogen-bond acceptors (Lipinski definition) is 2. The fourth-order valence-corrected chi connectivity index (χ4v) is 2.92. The number of nitrogens with zero attached hydrogens (tertiary/aromatic N) is 1. The molecule has 0 radical (unpaired) electrons. The first kappa shape index (κ1) is 12.9. The highest BCUT2D eigenvalue weighted by Crippen LogP contribution is 2.30. The summed E-state index contributed by atoms with van der Waals surface area (Å²) in [4.78, 5) is 24.7. The zero-order valence-electron chi connectivity index (χ0n) is 11.9. The zero-order chi connectivity index (χ0) is 14.4. The molecular weight excluding hydrogens is 252 g/mol. The summed E-state index contributed by atoms with van der Waals surface area (Å²) in [5.74, 6) is -0.292. The van der Waals surface area contributed by atoms with Crippen molar-refractivity contribution in [3.8, 4) is 0 Å². The van der Waals surface area contributed by atoms with Crippen molar-refractivity contribution in [2.45, 2.75) is 39.3 Å². The average Bonchev–Trinajstić information content (AvgIpc) is 2.70. The highest BCUT2D eigenvalue weighted by Gasteiger charge is 2.24. The van der Waals surface area contributed by atoms with Crippen LogP contribution in [0.3, 0.4) is 0 Å². The molecule has 1 aliphatic heterocycles. The van der Waals surface area contributed by atoms with Gasteiger partial charge in [0.1, 0.15) is 5.56 Å². The zero-order valence-corrected chi connectivity index (χ0v) is 11.9. The molecule has 1 N–H and O–H groups in total. The average molecular weight is 270 g/mol. The van der Waals surface area contributed by atoms with Crippen molar-refractivity contribution >= 4 is 16.8 Å². The quantitative estimate of drug-likeness (QED) is 0.910. The predicted octanol–water partition coefficient (Wildman–Crippen LogP) is 2.26. The lowest BCUT2D eigenvalue weighted by molar-refractivity contribution is 0.0941. The maximum atomic E-state index is 12.5. The number of hydrogen-bond donors (Lipinski definition) is 1. The summed E-state index contributed by atoms with van der Waals surface area (Å²) >= 11 is 0. The second-order valence-electron chi connectivity index (χ2n) is 5.77. The van der Waals surface area contributed by atoms with Gasteiger partial charge in [0.15, 0.2) is 0 Å². The molecule has 104 valence electrons. The Balaban J connectivity index is 2.26. The van der Waals surface area contributed by atoms with Crippen LogP contribution in [0.2, 0.25) is 0 Å². The first-order valence-corrected chi connectivity index (χ1v) is 6.96. The third kappa shape index (κ3) is 1.83. The molecule has 1 amide bonds. The minimum absolute atomic E-state index is 0.0138. The molecule has 0 saturated carbocycles. The summed E-state index contributed by atoms with van der Waals surface area (Å²) in [5.41, 5.74) is 2.22. The highest BCUT2D eigenvalue weighted by molar-refractivity contribution is 5.98. The molecule has 1 aliphatic rings. The molecule has 1 atom stereocenters. The van der Waals surface area contributed by atoms with Crippen molar-refractivity contribution in [1.29, 1.82) is 0 Å². The van der Waals surface area contributed by atoms with E-state index in [0.29, 0.717) is 5.39 Å². The third-order valence-corrected chi connectivity index (χ3v) is 3.79. The Kier molecular flexibility index (Phi) is 2.89.